The molecule has 0 rings (SSSR count). The Hall–Kier alpha value is -0.480. The standard InChI is InChI=1S/C8H16N2OS/c1-5-7(9)6-10-12(11)8(2,3)4/h5,9-10H,1,6H2,2-4H3. The molecule has 0 radical (unpaired) electrons. The minimum Gasteiger partial charge on any atom is -0.304 e. The van der Waals surface area contributed by atoms with Gasteiger partial charge in [-0.1, -0.05) is 6.58 Å². The third-order valence-corrected chi connectivity index (χ3v) is 2.72. The molecule has 12 heavy (non-hydrogen) atoms. The predicted molar refractivity (Wildman–Crippen MR) is 53.8 cm³/mol. The third-order valence-electron chi connectivity index (χ3n) is 1.20. The Bertz CT molecular complexity index is 206. The van der Waals surface area contributed by atoms with E-state index < -0.39 is 11.0 Å². The summed E-state index contributed by atoms with van der Waals surface area (Å²) in [7, 11) is -1.10. The number of hydrogen-bond donors (Lipinski definition) is 2. The van der Waals surface area contributed by atoms with Crippen LogP contribution in [0.5, 0.6) is 0 Å². The molecule has 3 nitrogen and oxygen atoms in total. The lowest BCUT2D eigenvalue weighted by Gasteiger charge is -2.17. The van der Waals surface area contributed by atoms with Gasteiger partial charge in [-0.05, 0) is 26.8 Å². The predicted octanol–water partition coefficient (Wildman–Crippen LogP) is 1.24. The number of nitrogens with one attached hydrogen (secondary N) is 2. The number of rotatable bonds is 4. The lowest BCUT2D eigenvalue weighted by molar-refractivity contribution is 0.640. The lowest BCUT2D eigenvalue weighted by atomic mass is 10.3. The topological polar surface area (TPSA) is 53.0 Å². The van der Waals surface area contributed by atoms with Gasteiger partial charge in [-0.3, -0.25) is 0 Å². The zero-order chi connectivity index (χ0) is 9.78. The van der Waals surface area contributed by atoms with Crippen molar-refractivity contribution in [1.82, 2.24) is 4.72 Å². The van der Waals surface area contributed by atoms with E-state index in [-0.39, 0.29) is 4.75 Å². The highest BCUT2D eigenvalue weighted by molar-refractivity contribution is 7.84. The van der Waals surface area contributed by atoms with Gasteiger partial charge >= 0.3 is 0 Å². The molecular weight excluding hydrogens is 172 g/mol. The summed E-state index contributed by atoms with van der Waals surface area (Å²) in [6, 6.07) is 0. The van der Waals surface area contributed by atoms with Crippen LogP contribution in [-0.4, -0.2) is 21.2 Å². The molecule has 70 valence electrons. The van der Waals surface area contributed by atoms with Crippen LogP contribution in [0.3, 0.4) is 0 Å². The normalized spacial score (nSPS) is 13.9. The molecule has 0 heterocycles. The van der Waals surface area contributed by atoms with Crippen LogP contribution >= 0.6 is 0 Å². The summed E-state index contributed by atoms with van der Waals surface area (Å²) in [5.41, 5.74) is 0.354. The highest BCUT2D eigenvalue weighted by Crippen LogP contribution is 2.07. The van der Waals surface area contributed by atoms with Crippen LogP contribution in [0.1, 0.15) is 20.8 Å². The summed E-state index contributed by atoms with van der Waals surface area (Å²) in [5.74, 6) is 0. The zero-order valence-corrected chi connectivity index (χ0v) is 8.62. The van der Waals surface area contributed by atoms with Crippen LogP contribution in [0.25, 0.3) is 0 Å². The van der Waals surface area contributed by atoms with Crippen molar-refractivity contribution in [2.45, 2.75) is 25.5 Å². The third kappa shape index (κ3) is 4.41. The van der Waals surface area contributed by atoms with Crippen molar-refractivity contribution in [3.8, 4) is 0 Å². The van der Waals surface area contributed by atoms with Crippen molar-refractivity contribution >= 4 is 16.7 Å². The SMILES string of the molecule is C=CC(=N)CNS(=O)C(C)(C)C. The molecule has 0 saturated heterocycles. The second-order valence-corrected chi connectivity index (χ2v) is 5.48. The van der Waals surface area contributed by atoms with Gasteiger partial charge in [0.2, 0.25) is 0 Å². The van der Waals surface area contributed by atoms with E-state index in [0.717, 1.165) is 0 Å². The van der Waals surface area contributed by atoms with E-state index in [2.05, 4.69) is 11.3 Å². The molecule has 1 unspecified atom stereocenters. The van der Waals surface area contributed by atoms with Gasteiger partial charge in [0.05, 0.1) is 15.7 Å². The van der Waals surface area contributed by atoms with Crippen molar-refractivity contribution in [3.05, 3.63) is 12.7 Å². The Morgan fingerprint density at radius 3 is 2.50 bits per heavy atom. The second kappa shape index (κ2) is 4.52. The van der Waals surface area contributed by atoms with Gasteiger partial charge < -0.3 is 5.41 Å². The quantitative estimate of drug-likeness (QED) is 0.641. The zero-order valence-electron chi connectivity index (χ0n) is 7.81. The van der Waals surface area contributed by atoms with E-state index in [1.807, 2.05) is 20.8 Å². The maximum atomic E-state index is 11.4. The molecular formula is C8H16N2OS. The molecule has 0 aromatic heterocycles. The van der Waals surface area contributed by atoms with Crippen LogP contribution in [-0.2, 0) is 11.0 Å². The minimum atomic E-state index is -1.10. The molecule has 0 spiro atoms. The fourth-order valence-electron chi connectivity index (χ4n) is 0.432. The Morgan fingerprint density at radius 1 is 1.67 bits per heavy atom. The summed E-state index contributed by atoms with van der Waals surface area (Å²) in [5, 5.41) is 7.22. The fourth-order valence-corrected chi connectivity index (χ4v) is 1.15. The molecule has 2 N–H and O–H groups in total. The maximum Gasteiger partial charge on any atom is 0.0973 e. The molecule has 0 aliphatic carbocycles. The Kier molecular flexibility index (Phi) is 4.34. The Labute approximate surface area is 76.3 Å². The second-order valence-electron chi connectivity index (χ2n) is 3.43. The minimum absolute atomic E-state index is 0.276. The van der Waals surface area contributed by atoms with Crippen LogP contribution in [0, 0.1) is 5.41 Å². The monoisotopic (exact) mass is 188 g/mol. The van der Waals surface area contributed by atoms with Crippen molar-refractivity contribution in [2.24, 2.45) is 0 Å². The van der Waals surface area contributed by atoms with Gasteiger partial charge in [0.1, 0.15) is 0 Å². The van der Waals surface area contributed by atoms with E-state index in [4.69, 9.17) is 5.41 Å². The van der Waals surface area contributed by atoms with Crippen LogP contribution in [0.2, 0.25) is 0 Å². The number of hydrogen-bond acceptors (Lipinski definition) is 2. The first-order chi connectivity index (χ1) is 5.38. The van der Waals surface area contributed by atoms with Crippen LogP contribution in [0.15, 0.2) is 12.7 Å². The molecule has 4 heteroatoms. The molecule has 0 aliphatic rings. The van der Waals surface area contributed by atoms with E-state index in [9.17, 15) is 4.21 Å². The first-order valence-electron chi connectivity index (χ1n) is 3.73. The summed E-state index contributed by atoms with van der Waals surface area (Å²) in [6.07, 6.45) is 1.44. The first kappa shape index (κ1) is 11.5. The molecule has 0 aromatic rings. The van der Waals surface area contributed by atoms with Gasteiger partial charge in [-0.15, -0.1) is 0 Å². The highest BCUT2D eigenvalue weighted by Gasteiger charge is 2.18. The van der Waals surface area contributed by atoms with E-state index in [0.29, 0.717) is 12.3 Å². The average molecular weight is 188 g/mol. The van der Waals surface area contributed by atoms with E-state index in [1.165, 1.54) is 6.08 Å². The average Bonchev–Trinajstić information content (AvgIpc) is 1.97. The first-order valence-corrected chi connectivity index (χ1v) is 4.88. The molecule has 0 bridgehead atoms. The maximum absolute atomic E-state index is 11.4. The molecule has 0 aliphatic heterocycles. The van der Waals surface area contributed by atoms with Crippen molar-refractivity contribution in [3.63, 3.8) is 0 Å². The lowest BCUT2D eigenvalue weighted by Crippen LogP contribution is -2.35. The van der Waals surface area contributed by atoms with Gasteiger partial charge in [-0.25, -0.2) is 8.93 Å². The van der Waals surface area contributed by atoms with Gasteiger partial charge in [-0.2, -0.15) is 0 Å². The molecule has 1 atom stereocenters. The van der Waals surface area contributed by atoms with E-state index >= 15 is 0 Å². The smallest absolute Gasteiger partial charge is 0.0973 e. The van der Waals surface area contributed by atoms with Crippen molar-refractivity contribution in [2.75, 3.05) is 6.54 Å². The van der Waals surface area contributed by atoms with Crippen molar-refractivity contribution in [1.29, 1.82) is 5.41 Å². The van der Waals surface area contributed by atoms with Crippen LogP contribution < -0.4 is 4.72 Å². The molecule has 0 saturated carbocycles. The fraction of sp³-hybridized carbons (Fsp3) is 0.625. The summed E-state index contributed by atoms with van der Waals surface area (Å²) in [6.45, 7) is 9.40. The molecule has 0 fully saturated rings. The largest absolute Gasteiger partial charge is 0.304 e. The van der Waals surface area contributed by atoms with Crippen molar-refractivity contribution < 1.29 is 4.21 Å². The summed E-state index contributed by atoms with van der Waals surface area (Å²) >= 11 is 0. The Morgan fingerprint density at radius 2 is 2.17 bits per heavy atom. The van der Waals surface area contributed by atoms with E-state index in [1.54, 1.807) is 0 Å². The molecule has 0 amide bonds. The summed E-state index contributed by atoms with van der Waals surface area (Å²) in [4.78, 5) is 0. The molecule has 0 aromatic carbocycles. The van der Waals surface area contributed by atoms with Gasteiger partial charge in [0, 0.05) is 12.3 Å². The highest BCUT2D eigenvalue weighted by atomic mass is 32.2. The summed E-state index contributed by atoms with van der Waals surface area (Å²) < 4.78 is 13.8. The van der Waals surface area contributed by atoms with Gasteiger partial charge in [0.25, 0.3) is 0 Å². The van der Waals surface area contributed by atoms with Gasteiger partial charge in [0.15, 0.2) is 0 Å². The van der Waals surface area contributed by atoms with Crippen LogP contribution in [0.4, 0.5) is 0 Å². The Balaban J connectivity index is 3.88.